The van der Waals surface area contributed by atoms with Crippen molar-refractivity contribution in [2.24, 2.45) is 0 Å². The first-order chi connectivity index (χ1) is 11.7. The molecule has 1 N–H and O–H groups in total. The number of amides is 1. The molecule has 1 saturated heterocycles. The monoisotopic (exact) mass is 367 g/mol. The molecule has 1 aliphatic heterocycles. The van der Waals surface area contributed by atoms with Crippen molar-refractivity contribution < 1.29 is 23.6 Å². The summed E-state index contributed by atoms with van der Waals surface area (Å²) in [6, 6.07) is 6.55. The maximum absolute atomic E-state index is 12.6. The second-order valence-corrected chi connectivity index (χ2v) is 8.91. The largest absolute Gasteiger partial charge is 0.478 e. The molecule has 1 aromatic rings. The van der Waals surface area contributed by atoms with E-state index in [9.17, 15) is 13.8 Å². The van der Waals surface area contributed by atoms with Gasteiger partial charge in [-0.3, -0.25) is 4.21 Å². The van der Waals surface area contributed by atoms with Gasteiger partial charge in [0, 0.05) is 34.9 Å². The summed E-state index contributed by atoms with van der Waals surface area (Å²) in [5, 5.41) is 9.04. The maximum Gasteiger partial charge on any atom is 0.410 e. The van der Waals surface area contributed by atoms with Crippen molar-refractivity contribution in [3.8, 4) is 0 Å². The SMILES string of the molecule is CC(C)(C)OC(=O)N1CCC(S(=O)Cc2cccc(C(=O)O)c2)CC1. The molecule has 0 radical (unpaired) electrons. The first kappa shape index (κ1) is 19.4. The average molecular weight is 367 g/mol. The molecule has 25 heavy (non-hydrogen) atoms. The Morgan fingerprint density at radius 1 is 1.28 bits per heavy atom. The highest BCUT2D eigenvalue weighted by molar-refractivity contribution is 7.84. The summed E-state index contributed by atoms with van der Waals surface area (Å²) in [4.78, 5) is 24.7. The average Bonchev–Trinajstić information content (AvgIpc) is 2.53. The third-order valence-corrected chi connectivity index (χ3v) is 5.78. The molecule has 138 valence electrons. The summed E-state index contributed by atoms with van der Waals surface area (Å²) in [5.41, 5.74) is 0.438. The number of carbonyl (C=O) groups is 2. The molecule has 6 nitrogen and oxygen atoms in total. The zero-order chi connectivity index (χ0) is 18.6. The lowest BCUT2D eigenvalue weighted by atomic mass is 10.1. The number of piperidine rings is 1. The Kier molecular flexibility index (Phi) is 6.21. The fourth-order valence-corrected chi connectivity index (χ4v) is 4.18. The van der Waals surface area contributed by atoms with Crippen molar-refractivity contribution in [2.45, 2.75) is 50.2 Å². The first-order valence-corrected chi connectivity index (χ1v) is 9.71. The van der Waals surface area contributed by atoms with Gasteiger partial charge in [0.1, 0.15) is 5.60 Å². The van der Waals surface area contributed by atoms with Crippen LogP contribution in [0.3, 0.4) is 0 Å². The maximum atomic E-state index is 12.6. The molecule has 1 aliphatic rings. The lowest BCUT2D eigenvalue weighted by Crippen LogP contribution is -2.43. The number of carboxylic acids is 1. The summed E-state index contributed by atoms with van der Waals surface area (Å²) in [7, 11) is -1.10. The predicted octanol–water partition coefficient (Wildman–Crippen LogP) is 3.03. The van der Waals surface area contributed by atoms with Crippen LogP contribution in [0.5, 0.6) is 0 Å². The molecule has 7 heteroatoms. The summed E-state index contributed by atoms with van der Waals surface area (Å²) in [6.07, 6.45) is 0.987. The zero-order valence-corrected chi connectivity index (χ0v) is 15.7. The van der Waals surface area contributed by atoms with Crippen molar-refractivity contribution in [3.05, 3.63) is 35.4 Å². The van der Waals surface area contributed by atoms with Gasteiger partial charge in [-0.25, -0.2) is 9.59 Å². The number of nitrogens with zero attached hydrogens (tertiary/aromatic N) is 1. The Morgan fingerprint density at radius 3 is 2.48 bits per heavy atom. The fourth-order valence-electron chi connectivity index (χ4n) is 2.70. The lowest BCUT2D eigenvalue weighted by molar-refractivity contribution is 0.0218. The van der Waals surface area contributed by atoms with Gasteiger partial charge in [0.05, 0.1) is 5.56 Å². The van der Waals surface area contributed by atoms with Gasteiger partial charge in [0.2, 0.25) is 0 Å². The molecule has 1 amide bonds. The summed E-state index contributed by atoms with van der Waals surface area (Å²) >= 11 is 0. The molecule has 0 bridgehead atoms. The zero-order valence-electron chi connectivity index (χ0n) is 14.9. The van der Waals surface area contributed by atoms with Gasteiger partial charge in [0.25, 0.3) is 0 Å². The van der Waals surface area contributed by atoms with Crippen molar-refractivity contribution in [1.29, 1.82) is 0 Å². The molecule has 1 aromatic carbocycles. The van der Waals surface area contributed by atoms with Crippen LogP contribution in [-0.4, -0.2) is 50.2 Å². The molecule has 1 fully saturated rings. The molecule has 1 unspecified atom stereocenters. The van der Waals surface area contributed by atoms with E-state index in [0.717, 1.165) is 5.56 Å². The Balaban J connectivity index is 1.88. The normalized spacial score (nSPS) is 17.2. The van der Waals surface area contributed by atoms with Gasteiger partial charge in [-0.2, -0.15) is 0 Å². The molecular weight excluding hydrogens is 342 g/mol. The summed E-state index contributed by atoms with van der Waals surface area (Å²) in [6.45, 7) is 6.55. The van der Waals surface area contributed by atoms with Crippen molar-refractivity contribution >= 4 is 22.9 Å². The smallest absolute Gasteiger partial charge is 0.410 e. The molecule has 0 saturated carbocycles. The second-order valence-electron chi connectivity index (χ2n) is 7.20. The van der Waals surface area contributed by atoms with E-state index in [0.29, 0.717) is 31.7 Å². The minimum atomic E-state index is -1.10. The van der Waals surface area contributed by atoms with E-state index >= 15 is 0 Å². The lowest BCUT2D eigenvalue weighted by Gasteiger charge is -2.33. The van der Waals surface area contributed by atoms with E-state index in [4.69, 9.17) is 9.84 Å². The highest BCUT2D eigenvalue weighted by Crippen LogP contribution is 2.21. The Hall–Kier alpha value is -1.89. The first-order valence-electron chi connectivity index (χ1n) is 8.33. The molecule has 0 spiro atoms. The number of rotatable bonds is 4. The number of hydrogen-bond donors (Lipinski definition) is 1. The van der Waals surface area contributed by atoms with Gasteiger partial charge >= 0.3 is 12.1 Å². The molecule has 1 atom stereocenters. The molecule has 1 heterocycles. The third kappa shape index (κ3) is 5.85. The summed E-state index contributed by atoms with van der Waals surface area (Å²) in [5.74, 6) is -0.656. The van der Waals surface area contributed by atoms with Crippen LogP contribution in [0.25, 0.3) is 0 Å². The van der Waals surface area contributed by atoms with Gasteiger partial charge in [-0.15, -0.1) is 0 Å². The minimum Gasteiger partial charge on any atom is -0.478 e. The summed E-state index contributed by atoms with van der Waals surface area (Å²) < 4.78 is 17.9. The topological polar surface area (TPSA) is 83.9 Å². The van der Waals surface area contributed by atoms with Crippen LogP contribution < -0.4 is 0 Å². The molecular formula is C18H25NO5S. The van der Waals surface area contributed by atoms with Crippen LogP contribution in [0, 0.1) is 0 Å². The standard InChI is InChI=1S/C18H25NO5S/c1-18(2,3)24-17(22)19-9-7-15(8-10-19)25(23)12-13-5-4-6-14(11-13)16(20)21/h4-6,11,15H,7-10,12H2,1-3H3,(H,20,21). The number of carboxylic acid groups (broad SMARTS) is 1. The Bertz CT molecular complexity index is 660. The number of hydrogen-bond acceptors (Lipinski definition) is 4. The van der Waals surface area contributed by atoms with E-state index in [1.54, 1.807) is 23.1 Å². The fraction of sp³-hybridized carbons (Fsp3) is 0.556. The van der Waals surface area contributed by atoms with Crippen LogP contribution in [0.4, 0.5) is 4.79 Å². The van der Waals surface area contributed by atoms with Crippen molar-refractivity contribution in [3.63, 3.8) is 0 Å². The third-order valence-electron chi connectivity index (χ3n) is 3.95. The van der Waals surface area contributed by atoms with Crippen LogP contribution in [0.1, 0.15) is 49.5 Å². The van der Waals surface area contributed by atoms with E-state index in [1.807, 2.05) is 20.8 Å². The van der Waals surface area contributed by atoms with E-state index < -0.39 is 22.4 Å². The van der Waals surface area contributed by atoms with Gasteiger partial charge in [0.15, 0.2) is 0 Å². The van der Waals surface area contributed by atoms with Crippen molar-refractivity contribution in [1.82, 2.24) is 4.90 Å². The Morgan fingerprint density at radius 2 is 1.92 bits per heavy atom. The number of aromatic carboxylic acids is 1. The molecule has 0 aliphatic carbocycles. The number of likely N-dealkylation sites (tertiary alicyclic amines) is 1. The second kappa shape index (κ2) is 7.99. The minimum absolute atomic E-state index is 0.00664. The van der Waals surface area contributed by atoms with E-state index in [1.165, 1.54) is 6.07 Å². The highest BCUT2D eigenvalue weighted by atomic mass is 32.2. The quantitative estimate of drug-likeness (QED) is 0.884. The van der Waals surface area contributed by atoms with Gasteiger partial charge < -0.3 is 14.7 Å². The van der Waals surface area contributed by atoms with Crippen molar-refractivity contribution in [2.75, 3.05) is 13.1 Å². The number of ether oxygens (including phenoxy) is 1. The van der Waals surface area contributed by atoms with Gasteiger partial charge in [-0.05, 0) is 51.3 Å². The van der Waals surface area contributed by atoms with Crippen LogP contribution in [-0.2, 0) is 21.3 Å². The van der Waals surface area contributed by atoms with Crippen LogP contribution in [0.15, 0.2) is 24.3 Å². The van der Waals surface area contributed by atoms with Crippen LogP contribution >= 0.6 is 0 Å². The predicted molar refractivity (Wildman–Crippen MR) is 96.1 cm³/mol. The number of benzene rings is 1. The Labute approximate surface area is 150 Å². The molecule has 2 rings (SSSR count). The number of carbonyl (C=O) groups excluding carboxylic acids is 1. The van der Waals surface area contributed by atoms with Gasteiger partial charge in [-0.1, -0.05) is 12.1 Å². The van der Waals surface area contributed by atoms with E-state index in [-0.39, 0.29) is 16.9 Å². The highest BCUT2D eigenvalue weighted by Gasteiger charge is 2.29. The van der Waals surface area contributed by atoms with Crippen LogP contribution in [0.2, 0.25) is 0 Å². The molecule has 0 aromatic heterocycles. The van der Waals surface area contributed by atoms with E-state index in [2.05, 4.69) is 0 Å².